The molecule has 0 saturated heterocycles. The molecule has 5 nitrogen and oxygen atoms in total. The number of H-pyrrole nitrogens is 1. The Morgan fingerprint density at radius 2 is 1.93 bits per heavy atom. The molecule has 3 N–H and O–H groups in total. The fourth-order valence-electron chi connectivity index (χ4n) is 0.991. The lowest BCUT2D eigenvalue weighted by molar-refractivity contribution is 0.145. The molecule has 0 aromatic carbocycles. The Bertz CT molecular complexity index is 537. The third-order valence-corrected chi connectivity index (χ3v) is 2.52. The second kappa shape index (κ2) is 3.66. The van der Waals surface area contributed by atoms with Crippen LogP contribution in [0.4, 0.5) is 13.2 Å². The van der Waals surface area contributed by atoms with E-state index in [1.54, 1.807) is 4.98 Å². The molecule has 0 atom stereocenters. The van der Waals surface area contributed by atoms with Crippen molar-refractivity contribution in [2.24, 2.45) is 5.14 Å². The van der Waals surface area contributed by atoms with Gasteiger partial charge in [-0.15, -0.1) is 0 Å². The first-order valence-corrected chi connectivity index (χ1v) is 5.02. The van der Waals surface area contributed by atoms with E-state index in [0.717, 1.165) is 0 Å². The van der Waals surface area contributed by atoms with E-state index in [9.17, 15) is 26.4 Å². The maximum Gasteiger partial charge on any atom is 0.270 e. The van der Waals surface area contributed by atoms with E-state index < -0.39 is 38.3 Å². The van der Waals surface area contributed by atoms with Crippen molar-refractivity contribution in [3.63, 3.8) is 0 Å². The van der Waals surface area contributed by atoms with Crippen LogP contribution >= 0.6 is 0 Å². The average molecular weight is 242 g/mol. The number of nitrogens with two attached hydrogens (primary N) is 1. The van der Waals surface area contributed by atoms with E-state index in [1.807, 2.05) is 0 Å². The monoisotopic (exact) mass is 242 g/mol. The van der Waals surface area contributed by atoms with Crippen LogP contribution < -0.4 is 10.7 Å². The Morgan fingerprint density at radius 1 is 1.40 bits per heavy atom. The zero-order valence-electron chi connectivity index (χ0n) is 7.00. The molecule has 0 bridgehead atoms. The van der Waals surface area contributed by atoms with Crippen molar-refractivity contribution < 1.29 is 21.6 Å². The number of sulfonamides is 1. The predicted octanol–water partition coefficient (Wildman–Crippen LogP) is 0.0990. The molecular weight excluding hydrogens is 237 g/mol. The zero-order valence-corrected chi connectivity index (χ0v) is 7.82. The van der Waals surface area contributed by atoms with Gasteiger partial charge in [0, 0.05) is 6.20 Å². The Labute approximate surface area is 81.8 Å². The quantitative estimate of drug-likeness (QED) is 0.770. The molecule has 0 spiro atoms. The summed E-state index contributed by atoms with van der Waals surface area (Å²) in [5.74, 6) is -1.52. The van der Waals surface area contributed by atoms with E-state index in [4.69, 9.17) is 0 Å². The molecule has 0 aliphatic heterocycles. The number of aromatic nitrogens is 1. The summed E-state index contributed by atoms with van der Waals surface area (Å²) in [5.41, 5.74) is -2.88. The highest BCUT2D eigenvalue weighted by Gasteiger charge is 2.28. The predicted molar refractivity (Wildman–Crippen MR) is 43.4 cm³/mol. The molecule has 1 rings (SSSR count). The minimum Gasteiger partial charge on any atom is -0.326 e. The van der Waals surface area contributed by atoms with Gasteiger partial charge in [-0.1, -0.05) is 0 Å². The summed E-state index contributed by atoms with van der Waals surface area (Å²) in [4.78, 5) is 11.0. The van der Waals surface area contributed by atoms with Crippen molar-refractivity contribution in [2.75, 3.05) is 0 Å². The average Bonchev–Trinajstić information content (AvgIpc) is 2.05. The van der Waals surface area contributed by atoms with Crippen LogP contribution in [0.25, 0.3) is 0 Å². The van der Waals surface area contributed by atoms with Gasteiger partial charge < -0.3 is 4.98 Å². The van der Waals surface area contributed by atoms with Crippen molar-refractivity contribution in [2.45, 2.75) is 11.3 Å². The molecule has 1 aromatic heterocycles. The Kier molecular flexibility index (Phi) is 2.86. The summed E-state index contributed by atoms with van der Waals surface area (Å²) in [6.45, 7) is 0. The molecule has 0 aliphatic carbocycles. The van der Waals surface area contributed by atoms with Gasteiger partial charge >= 0.3 is 0 Å². The second-order valence-corrected chi connectivity index (χ2v) is 4.05. The third-order valence-electron chi connectivity index (χ3n) is 1.54. The van der Waals surface area contributed by atoms with Crippen LogP contribution in [-0.2, 0) is 10.0 Å². The molecule has 0 radical (unpaired) electrons. The minimum absolute atomic E-state index is 0.355. The van der Waals surface area contributed by atoms with E-state index >= 15 is 0 Å². The number of pyridine rings is 1. The first-order chi connectivity index (χ1) is 6.75. The number of rotatable bonds is 2. The summed E-state index contributed by atoms with van der Waals surface area (Å²) < 4.78 is 59.1. The summed E-state index contributed by atoms with van der Waals surface area (Å²) in [5, 5.41) is 4.51. The van der Waals surface area contributed by atoms with E-state index in [1.165, 1.54) is 0 Å². The van der Waals surface area contributed by atoms with Gasteiger partial charge in [0.05, 0.1) is 0 Å². The van der Waals surface area contributed by atoms with E-state index in [-0.39, 0.29) is 0 Å². The zero-order chi connectivity index (χ0) is 11.8. The molecule has 0 unspecified atom stereocenters. The summed E-state index contributed by atoms with van der Waals surface area (Å²) in [6, 6.07) is 0. The smallest absolute Gasteiger partial charge is 0.270 e. The highest BCUT2D eigenvalue weighted by molar-refractivity contribution is 7.89. The highest BCUT2D eigenvalue weighted by Crippen LogP contribution is 2.23. The SMILES string of the molecule is NS(=O)(=O)c1c(F)c[nH]c(=O)c1C(F)F. The van der Waals surface area contributed by atoms with Crippen molar-refractivity contribution in [1.29, 1.82) is 0 Å². The number of alkyl halides is 2. The summed E-state index contributed by atoms with van der Waals surface area (Å²) in [7, 11) is -4.71. The fraction of sp³-hybridized carbons (Fsp3) is 0.167. The first-order valence-electron chi connectivity index (χ1n) is 3.47. The molecule has 15 heavy (non-hydrogen) atoms. The van der Waals surface area contributed by atoms with Gasteiger partial charge in [0.2, 0.25) is 10.0 Å². The summed E-state index contributed by atoms with van der Waals surface area (Å²) in [6.07, 6.45) is -3.08. The van der Waals surface area contributed by atoms with Crippen LogP contribution in [0.1, 0.15) is 12.0 Å². The van der Waals surface area contributed by atoms with Crippen LogP contribution in [-0.4, -0.2) is 13.4 Å². The van der Waals surface area contributed by atoms with Crippen molar-refractivity contribution in [3.05, 3.63) is 27.9 Å². The van der Waals surface area contributed by atoms with Gasteiger partial charge in [0.1, 0.15) is 10.5 Å². The maximum absolute atomic E-state index is 12.9. The third kappa shape index (κ3) is 2.18. The number of nitrogens with one attached hydrogen (secondary N) is 1. The molecule has 0 fully saturated rings. The largest absolute Gasteiger partial charge is 0.326 e. The molecule has 84 valence electrons. The number of primary sulfonamides is 1. The normalized spacial score (nSPS) is 12.1. The Morgan fingerprint density at radius 3 is 2.27 bits per heavy atom. The van der Waals surface area contributed by atoms with Gasteiger partial charge in [0.25, 0.3) is 12.0 Å². The second-order valence-electron chi connectivity index (χ2n) is 2.55. The van der Waals surface area contributed by atoms with Crippen LogP contribution in [0, 0.1) is 5.82 Å². The molecule has 1 aromatic rings. The number of halogens is 3. The van der Waals surface area contributed by atoms with Gasteiger partial charge in [-0.25, -0.2) is 26.7 Å². The summed E-state index contributed by atoms with van der Waals surface area (Å²) >= 11 is 0. The molecule has 0 amide bonds. The molecule has 0 saturated carbocycles. The minimum atomic E-state index is -4.71. The topological polar surface area (TPSA) is 93.0 Å². The van der Waals surface area contributed by atoms with Gasteiger partial charge in [-0.3, -0.25) is 4.79 Å². The Balaban J connectivity index is 3.77. The number of hydrogen-bond acceptors (Lipinski definition) is 3. The maximum atomic E-state index is 12.9. The van der Waals surface area contributed by atoms with Crippen LogP contribution in [0.5, 0.6) is 0 Å². The molecule has 1 heterocycles. The number of aromatic amines is 1. The lowest BCUT2D eigenvalue weighted by Gasteiger charge is -2.05. The first kappa shape index (κ1) is 11.7. The highest BCUT2D eigenvalue weighted by atomic mass is 32.2. The fourth-order valence-corrected chi connectivity index (χ4v) is 1.81. The van der Waals surface area contributed by atoms with Crippen molar-refractivity contribution in [1.82, 2.24) is 4.98 Å². The van der Waals surface area contributed by atoms with Crippen LogP contribution in [0.15, 0.2) is 15.9 Å². The van der Waals surface area contributed by atoms with E-state index in [0.29, 0.717) is 6.20 Å². The number of hydrogen-bond donors (Lipinski definition) is 2. The van der Waals surface area contributed by atoms with Crippen LogP contribution in [0.3, 0.4) is 0 Å². The van der Waals surface area contributed by atoms with Gasteiger partial charge in [-0.2, -0.15) is 0 Å². The lowest BCUT2D eigenvalue weighted by Crippen LogP contribution is -2.24. The van der Waals surface area contributed by atoms with Gasteiger partial charge in [-0.05, 0) is 0 Å². The standard InChI is InChI=1S/C6H5F3N2O3S/c7-2-1-11-6(12)3(5(8)9)4(2)15(10,13)14/h1,5H,(H,11,12)(H2,10,13,14). The lowest BCUT2D eigenvalue weighted by atomic mass is 10.3. The van der Waals surface area contributed by atoms with Crippen molar-refractivity contribution in [3.8, 4) is 0 Å². The van der Waals surface area contributed by atoms with E-state index in [2.05, 4.69) is 5.14 Å². The molecular formula is C6H5F3N2O3S. The Hall–Kier alpha value is -1.35. The van der Waals surface area contributed by atoms with Crippen LogP contribution in [0.2, 0.25) is 0 Å². The molecule has 9 heteroatoms. The van der Waals surface area contributed by atoms with Gasteiger partial charge in [0.15, 0.2) is 5.82 Å². The van der Waals surface area contributed by atoms with Crippen molar-refractivity contribution >= 4 is 10.0 Å². The molecule has 0 aliphatic rings.